The van der Waals surface area contributed by atoms with E-state index in [-0.39, 0.29) is 6.03 Å². The van der Waals surface area contributed by atoms with Gasteiger partial charge in [-0.2, -0.15) is 0 Å². The number of carbonyl (C=O) groups excluding carboxylic acids is 1. The third-order valence-corrected chi connectivity index (χ3v) is 3.41. The highest BCUT2D eigenvalue weighted by Gasteiger charge is 2.35. The number of carboxylic acid groups (broad SMARTS) is 1. The first-order valence-corrected chi connectivity index (χ1v) is 6.18. The fourth-order valence-corrected chi connectivity index (χ4v) is 1.92. The van der Waals surface area contributed by atoms with Crippen molar-refractivity contribution in [3.8, 4) is 0 Å². The van der Waals surface area contributed by atoms with E-state index < -0.39 is 11.5 Å². The van der Waals surface area contributed by atoms with Gasteiger partial charge in [-0.15, -0.1) is 0 Å². The molecular weight excluding hydrogens is 220 g/mol. The molecule has 5 heteroatoms. The van der Waals surface area contributed by atoms with Crippen molar-refractivity contribution < 1.29 is 14.7 Å². The molecule has 0 heterocycles. The van der Waals surface area contributed by atoms with Crippen LogP contribution in [0.5, 0.6) is 0 Å². The Labute approximate surface area is 102 Å². The third kappa shape index (κ3) is 3.91. The van der Waals surface area contributed by atoms with E-state index in [9.17, 15) is 9.59 Å². The van der Waals surface area contributed by atoms with E-state index in [1.807, 2.05) is 6.92 Å². The fraction of sp³-hybridized carbons (Fsp3) is 0.833. The summed E-state index contributed by atoms with van der Waals surface area (Å²) in [4.78, 5) is 22.7. The van der Waals surface area contributed by atoms with Crippen LogP contribution < -0.4 is 10.6 Å². The smallest absolute Gasteiger partial charge is 0.329 e. The molecule has 0 aromatic heterocycles. The maximum Gasteiger partial charge on any atom is 0.329 e. The monoisotopic (exact) mass is 242 g/mol. The zero-order valence-corrected chi connectivity index (χ0v) is 10.7. The Kier molecular flexibility index (Phi) is 4.37. The van der Waals surface area contributed by atoms with Gasteiger partial charge in [0, 0.05) is 6.54 Å². The SMILES string of the molecule is CCCC(C)(NC(=O)NCC1CC1C)C(=O)O. The molecule has 0 radical (unpaired) electrons. The van der Waals surface area contributed by atoms with Gasteiger partial charge in [0.05, 0.1) is 0 Å². The quantitative estimate of drug-likeness (QED) is 0.661. The van der Waals surface area contributed by atoms with Gasteiger partial charge in [-0.3, -0.25) is 0 Å². The van der Waals surface area contributed by atoms with E-state index in [1.165, 1.54) is 6.92 Å². The van der Waals surface area contributed by atoms with Crippen molar-refractivity contribution in [3.05, 3.63) is 0 Å². The van der Waals surface area contributed by atoms with Gasteiger partial charge in [-0.25, -0.2) is 9.59 Å². The molecule has 0 aromatic carbocycles. The van der Waals surface area contributed by atoms with Crippen molar-refractivity contribution in [2.45, 2.75) is 45.6 Å². The number of aliphatic carboxylic acids is 1. The van der Waals surface area contributed by atoms with Crippen molar-refractivity contribution in [1.29, 1.82) is 0 Å². The first-order chi connectivity index (χ1) is 7.89. The number of carbonyl (C=O) groups is 2. The number of nitrogens with one attached hydrogen (secondary N) is 2. The molecule has 1 fully saturated rings. The summed E-state index contributed by atoms with van der Waals surface area (Å²) in [5.74, 6) is 0.245. The van der Waals surface area contributed by atoms with Gasteiger partial charge in [-0.1, -0.05) is 20.3 Å². The molecule has 0 spiro atoms. The van der Waals surface area contributed by atoms with Crippen LogP contribution in [0.25, 0.3) is 0 Å². The molecule has 1 aliphatic carbocycles. The number of hydrogen-bond acceptors (Lipinski definition) is 2. The number of urea groups is 1. The highest BCUT2D eigenvalue weighted by Crippen LogP contribution is 2.36. The first-order valence-electron chi connectivity index (χ1n) is 6.18. The summed E-state index contributed by atoms with van der Waals surface area (Å²) >= 11 is 0. The van der Waals surface area contributed by atoms with E-state index in [1.54, 1.807) is 0 Å². The van der Waals surface area contributed by atoms with Gasteiger partial charge >= 0.3 is 12.0 Å². The number of amides is 2. The molecule has 1 aliphatic rings. The predicted octanol–water partition coefficient (Wildman–Crippen LogP) is 1.58. The molecule has 0 aromatic rings. The standard InChI is InChI=1S/C12H22N2O3/c1-4-5-12(3,10(15)16)14-11(17)13-7-9-6-8(9)2/h8-9H,4-7H2,1-3H3,(H,15,16)(H2,13,14,17). The van der Waals surface area contributed by atoms with Crippen molar-refractivity contribution >= 4 is 12.0 Å². The molecule has 1 rings (SSSR count). The molecule has 17 heavy (non-hydrogen) atoms. The van der Waals surface area contributed by atoms with Crippen LogP contribution in [0.15, 0.2) is 0 Å². The zero-order chi connectivity index (χ0) is 13.1. The molecule has 3 unspecified atom stereocenters. The average Bonchev–Trinajstić information content (AvgIpc) is 2.92. The second kappa shape index (κ2) is 5.38. The van der Waals surface area contributed by atoms with E-state index >= 15 is 0 Å². The molecular formula is C12H22N2O3. The van der Waals surface area contributed by atoms with E-state index in [0.29, 0.717) is 31.2 Å². The van der Waals surface area contributed by atoms with E-state index in [2.05, 4.69) is 17.6 Å². The Bertz CT molecular complexity index is 306. The van der Waals surface area contributed by atoms with Crippen molar-refractivity contribution in [2.24, 2.45) is 11.8 Å². The minimum absolute atomic E-state index is 0.387. The molecule has 3 N–H and O–H groups in total. The Morgan fingerprint density at radius 1 is 1.47 bits per heavy atom. The highest BCUT2D eigenvalue weighted by molar-refractivity contribution is 5.85. The van der Waals surface area contributed by atoms with Crippen LogP contribution in [-0.2, 0) is 4.79 Å². The maximum absolute atomic E-state index is 11.6. The summed E-state index contributed by atoms with van der Waals surface area (Å²) in [6.07, 6.45) is 2.28. The minimum Gasteiger partial charge on any atom is -0.480 e. The molecule has 1 saturated carbocycles. The van der Waals surface area contributed by atoms with E-state index in [0.717, 1.165) is 6.42 Å². The van der Waals surface area contributed by atoms with Crippen LogP contribution in [-0.4, -0.2) is 29.2 Å². The summed E-state index contributed by atoms with van der Waals surface area (Å²) in [5.41, 5.74) is -1.17. The zero-order valence-electron chi connectivity index (χ0n) is 10.7. The molecule has 0 bridgehead atoms. The van der Waals surface area contributed by atoms with E-state index in [4.69, 9.17) is 5.11 Å². The molecule has 0 aliphatic heterocycles. The Balaban J connectivity index is 2.38. The lowest BCUT2D eigenvalue weighted by Crippen LogP contribution is -2.55. The van der Waals surface area contributed by atoms with Crippen molar-refractivity contribution in [3.63, 3.8) is 0 Å². The largest absolute Gasteiger partial charge is 0.480 e. The van der Waals surface area contributed by atoms with Gasteiger partial charge in [0.15, 0.2) is 0 Å². The van der Waals surface area contributed by atoms with Crippen molar-refractivity contribution in [2.75, 3.05) is 6.54 Å². The number of hydrogen-bond donors (Lipinski definition) is 3. The summed E-state index contributed by atoms with van der Waals surface area (Å²) in [6, 6.07) is -0.387. The van der Waals surface area contributed by atoms with Crippen LogP contribution in [0.1, 0.15) is 40.0 Å². The van der Waals surface area contributed by atoms with Crippen LogP contribution in [0.3, 0.4) is 0 Å². The fourth-order valence-electron chi connectivity index (χ4n) is 1.92. The highest BCUT2D eigenvalue weighted by atomic mass is 16.4. The lowest BCUT2D eigenvalue weighted by molar-refractivity contribution is -0.144. The van der Waals surface area contributed by atoms with Crippen LogP contribution in [0.2, 0.25) is 0 Å². The van der Waals surface area contributed by atoms with Gasteiger partial charge in [0.2, 0.25) is 0 Å². The van der Waals surface area contributed by atoms with Gasteiger partial charge in [0.25, 0.3) is 0 Å². The van der Waals surface area contributed by atoms with Crippen LogP contribution >= 0.6 is 0 Å². The lowest BCUT2D eigenvalue weighted by atomic mass is 9.97. The summed E-state index contributed by atoms with van der Waals surface area (Å²) < 4.78 is 0. The number of rotatable bonds is 6. The lowest BCUT2D eigenvalue weighted by Gasteiger charge is -2.25. The second-order valence-electron chi connectivity index (χ2n) is 5.20. The Hall–Kier alpha value is -1.26. The normalized spacial score (nSPS) is 25.8. The molecule has 2 amide bonds. The third-order valence-electron chi connectivity index (χ3n) is 3.41. The average molecular weight is 242 g/mol. The predicted molar refractivity (Wildman–Crippen MR) is 64.8 cm³/mol. The number of carboxylic acids is 1. The summed E-state index contributed by atoms with van der Waals surface area (Å²) in [7, 11) is 0. The molecule has 98 valence electrons. The molecule has 0 saturated heterocycles. The minimum atomic E-state index is -1.17. The van der Waals surface area contributed by atoms with Crippen LogP contribution in [0, 0.1) is 11.8 Å². The molecule has 3 atom stereocenters. The maximum atomic E-state index is 11.6. The molecule has 5 nitrogen and oxygen atoms in total. The summed E-state index contributed by atoms with van der Waals surface area (Å²) in [6.45, 7) is 6.21. The Morgan fingerprint density at radius 3 is 2.47 bits per heavy atom. The topological polar surface area (TPSA) is 78.4 Å². The first kappa shape index (κ1) is 13.8. The Morgan fingerprint density at radius 2 is 2.06 bits per heavy atom. The van der Waals surface area contributed by atoms with Crippen molar-refractivity contribution in [1.82, 2.24) is 10.6 Å². The second-order valence-corrected chi connectivity index (χ2v) is 5.20. The van der Waals surface area contributed by atoms with Crippen LogP contribution in [0.4, 0.5) is 4.79 Å². The van der Waals surface area contributed by atoms with Gasteiger partial charge < -0.3 is 15.7 Å². The van der Waals surface area contributed by atoms with Gasteiger partial charge in [-0.05, 0) is 31.6 Å². The van der Waals surface area contributed by atoms with Gasteiger partial charge in [0.1, 0.15) is 5.54 Å². The summed E-state index contributed by atoms with van der Waals surface area (Å²) in [5, 5.41) is 14.4.